The van der Waals surface area contributed by atoms with Crippen molar-refractivity contribution in [1.29, 1.82) is 0 Å². The van der Waals surface area contributed by atoms with E-state index in [2.05, 4.69) is 18.8 Å². The molecule has 106 valence electrons. The first-order valence-electron chi connectivity index (χ1n) is 7.18. The van der Waals surface area contributed by atoms with Crippen molar-refractivity contribution in [2.45, 2.75) is 39.2 Å². The Morgan fingerprint density at radius 1 is 1.50 bits per heavy atom. The highest BCUT2D eigenvalue weighted by molar-refractivity contribution is 5.97. The fourth-order valence-electron chi connectivity index (χ4n) is 2.77. The number of nitrogens with zero attached hydrogens (tertiary/aromatic N) is 1. The molecule has 0 spiro atoms. The van der Waals surface area contributed by atoms with Gasteiger partial charge in [0.2, 0.25) is 0 Å². The second-order valence-electron chi connectivity index (χ2n) is 5.21. The van der Waals surface area contributed by atoms with Crippen molar-refractivity contribution in [3.8, 4) is 11.8 Å². The van der Waals surface area contributed by atoms with Gasteiger partial charge in [-0.3, -0.25) is 4.79 Å². The number of aryl methyl sites for hydroxylation is 1. The molecule has 1 aliphatic heterocycles. The number of carbonyl (C=O) groups excluding carboxylic acids is 1. The van der Waals surface area contributed by atoms with E-state index >= 15 is 0 Å². The Hall–Kier alpha value is -1.79. The Kier molecular flexibility index (Phi) is 4.81. The van der Waals surface area contributed by atoms with E-state index in [4.69, 9.17) is 5.11 Å². The molecule has 1 unspecified atom stereocenters. The van der Waals surface area contributed by atoms with Crippen LogP contribution in [0.25, 0.3) is 0 Å². The Morgan fingerprint density at radius 3 is 3.00 bits per heavy atom. The lowest BCUT2D eigenvalue weighted by Crippen LogP contribution is -2.35. The van der Waals surface area contributed by atoms with E-state index in [1.807, 2.05) is 30.0 Å². The Balaban J connectivity index is 2.34. The van der Waals surface area contributed by atoms with E-state index in [9.17, 15) is 4.79 Å². The monoisotopic (exact) mass is 271 g/mol. The van der Waals surface area contributed by atoms with Gasteiger partial charge in [-0.25, -0.2) is 0 Å². The van der Waals surface area contributed by atoms with Crippen LogP contribution >= 0.6 is 0 Å². The van der Waals surface area contributed by atoms with Crippen molar-refractivity contribution in [2.24, 2.45) is 0 Å². The van der Waals surface area contributed by atoms with Crippen LogP contribution in [-0.2, 0) is 0 Å². The van der Waals surface area contributed by atoms with Crippen LogP contribution in [-0.4, -0.2) is 35.1 Å². The summed E-state index contributed by atoms with van der Waals surface area (Å²) in [6.07, 6.45) is 3.16. The summed E-state index contributed by atoms with van der Waals surface area (Å²) in [6, 6.07) is 6.05. The molecule has 1 N–H and O–H groups in total. The van der Waals surface area contributed by atoms with Crippen molar-refractivity contribution >= 4 is 5.91 Å². The van der Waals surface area contributed by atoms with Crippen LogP contribution in [0.1, 0.15) is 47.7 Å². The van der Waals surface area contributed by atoms with Gasteiger partial charge in [-0.05, 0) is 43.9 Å². The lowest BCUT2D eigenvalue weighted by atomic mass is 10.0. The number of aliphatic hydroxyl groups is 1. The summed E-state index contributed by atoms with van der Waals surface area (Å²) in [7, 11) is 0. The molecule has 0 saturated carbocycles. The molecular formula is C17H21NO2. The smallest absolute Gasteiger partial charge is 0.255 e. The molecule has 1 atom stereocenters. The van der Waals surface area contributed by atoms with Crippen LogP contribution in [0.5, 0.6) is 0 Å². The molecule has 20 heavy (non-hydrogen) atoms. The van der Waals surface area contributed by atoms with Gasteiger partial charge in [-0.15, -0.1) is 0 Å². The van der Waals surface area contributed by atoms with Crippen molar-refractivity contribution < 1.29 is 9.90 Å². The Morgan fingerprint density at radius 2 is 2.30 bits per heavy atom. The van der Waals surface area contributed by atoms with Crippen molar-refractivity contribution in [3.63, 3.8) is 0 Å². The van der Waals surface area contributed by atoms with Gasteiger partial charge < -0.3 is 10.0 Å². The zero-order valence-corrected chi connectivity index (χ0v) is 12.1. The minimum atomic E-state index is -0.192. The molecule has 3 nitrogen and oxygen atoms in total. The van der Waals surface area contributed by atoms with Crippen LogP contribution in [0, 0.1) is 18.8 Å². The number of carbonyl (C=O) groups is 1. The zero-order valence-electron chi connectivity index (χ0n) is 12.1. The first kappa shape index (κ1) is 14.6. The summed E-state index contributed by atoms with van der Waals surface area (Å²) in [5.74, 6) is 5.60. The molecule has 1 aliphatic rings. The fourth-order valence-corrected chi connectivity index (χ4v) is 2.77. The van der Waals surface area contributed by atoms with E-state index in [0.29, 0.717) is 17.2 Å². The summed E-state index contributed by atoms with van der Waals surface area (Å²) in [4.78, 5) is 14.7. The van der Waals surface area contributed by atoms with Gasteiger partial charge >= 0.3 is 0 Å². The molecule has 0 bridgehead atoms. The summed E-state index contributed by atoms with van der Waals surface area (Å²) in [5.41, 5.74) is 2.43. The summed E-state index contributed by atoms with van der Waals surface area (Å²) in [6.45, 7) is 4.74. The van der Waals surface area contributed by atoms with Crippen molar-refractivity contribution in [1.82, 2.24) is 4.90 Å². The third kappa shape index (κ3) is 3.02. The fraction of sp³-hybridized carbons (Fsp3) is 0.471. The number of benzene rings is 1. The molecule has 1 heterocycles. The summed E-state index contributed by atoms with van der Waals surface area (Å²) in [5, 5.41) is 8.85. The summed E-state index contributed by atoms with van der Waals surface area (Å²) < 4.78 is 0. The van der Waals surface area contributed by atoms with E-state index in [1.165, 1.54) is 0 Å². The minimum Gasteiger partial charge on any atom is -0.384 e. The molecule has 0 radical (unpaired) electrons. The number of aliphatic hydroxyl groups excluding tert-OH is 1. The van der Waals surface area contributed by atoms with E-state index in [1.54, 1.807) is 0 Å². The third-order valence-electron chi connectivity index (χ3n) is 3.82. The molecule has 3 heteroatoms. The quantitative estimate of drug-likeness (QED) is 0.839. The van der Waals surface area contributed by atoms with Gasteiger partial charge in [0.25, 0.3) is 5.91 Å². The molecule has 1 fully saturated rings. The number of rotatable bonds is 2. The molecule has 0 aromatic heterocycles. The number of hydrogen-bond donors (Lipinski definition) is 1. The second-order valence-corrected chi connectivity index (χ2v) is 5.21. The highest BCUT2D eigenvalue weighted by atomic mass is 16.2. The molecule has 1 saturated heterocycles. The van der Waals surface area contributed by atoms with E-state index in [-0.39, 0.29) is 12.5 Å². The Labute approximate surface area is 120 Å². The lowest BCUT2D eigenvalue weighted by Gasteiger charge is -2.24. The number of amides is 1. The number of hydrogen-bond acceptors (Lipinski definition) is 2. The normalized spacial score (nSPS) is 17.8. The van der Waals surface area contributed by atoms with Gasteiger partial charge in [-0.2, -0.15) is 0 Å². The van der Waals surface area contributed by atoms with Gasteiger partial charge in [0.15, 0.2) is 0 Å². The first-order chi connectivity index (χ1) is 9.67. The Bertz CT molecular complexity index is 554. The highest BCUT2D eigenvalue weighted by Crippen LogP contribution is 2.23. The van der Waals surface area contributed by atoms with Gasteiger partial charge in [-0.1, -0.05) is 24.8 Å². The maximum atomic E-state index is 12.7. The van der Waals surface area contributed by atoms with E-state index in [0.717, 1.165) is 31.4 Å². The SMILES string of the molecule is CCC1CCCN1C(=O)c1ccc(C)cc1C#CCO. The molecule has 2 rings (SSSR count). The average molecular weight is 271 g/mol. The van der Waals surface area contributed by atoms with Gasteiger partial charge in [0, 0.05) is 18.2 Å². The molecule has 1 amide bonds. The molecule has 1 aromatic carbocycles. The van der Waals surface area contributed by atoms with Crippen LogP contribution in [0.2, 0.25) is 0 Å². The zero-order chi connectivity index (χ0) is 14.5. The highest BCUT2D eigenvalue weighted by Gasteiger charge is 2.28. The topological polar surface area (TPSA) is 40.5 Å². The van der Waals surface area contributed by atoms with Crippen LogP contribution in [0.3, 0.4) is 0 Å². The van der Waals surface area contributed by atoms with Gasteiger partial charge in [0.1, 0.15) is 6.61 Å². The minimum absolute atomic E-state index is 0.0663. The lowest BCUT2D eigenvalue weighted by molar-refractivity contribution is 0.0733. The third-order valence-corrected chi connectivity index (χ3v) is 3.82. The second kappa shape index (κ2) is 6.58. The van der Waals surface area contributed by atoms with Crippen LogP contribution < -0.4 is 0 Å². The van der Waals surface area contributed by atoms with E-state index < -0.39 is 0 Å². The average Bonchev–Trinajstić information content (AvgIpc) is 2.93. The standard InChI is InChI=1S/C17H21NO2/c1-3-15-7-4-10-18(15)17(20)16-9-8-13(2)12-14(16)6-5-11-19/h8-9,12,15,19H,3-4,7,10-11H2,1-2H3. The van der Waals surface area contributed by atoms with Crippen LogP contribution in [0.15, 0.2) is 18.2 Å². The predicted molar refractivity (Wildman–Crippen MR) is 79.5 cm³/mol. The van der Waals surface area contributed by atoms with Crippen LogP contribution in [0.4, 0.5) is 0 Å². The molecule has 0 aliphatic carbocycles. The maximum absolute atomic E-state index is 12.7. The summed E-state index contributed by atoms with van der Waals surface area (Å²) >= 11 is 0. The number of likely N-dealkylation sites (tertiary alicyclic amines) is 1. The maximum Gasteiger partial charge on any atom is 0.255 e. The molecular weight excluding hydrogens is 250 g/mol. The van der Waals surface area contributed by atoms with Crippen molar-refractivity contribution in [2.75, 3.05) is 13.2 Å². The predicted octanol–water partition coefficient (Wildman–Crippen LogP) is 2.35. The molecule has 1 aromatic rings. The van der Waals surface area contributed by atoms with Gasteiger partial charge in [0.05, 0.1) is 5.56 Å². The largest absolute Gasteiger partial charge is 0.384 e. The van der Waals surface area contributed by atoms with Crippen molar-refractivity contribution in [3.05, 3.63) is 34.9 Å². The first-order valence-corrected chi connectivity index (χ1v) is 7.18.